The SMILES string of the molecule is c1ccc(-c2ccc(N(c3ccccc3-c3cccc4cccc(-c5ccccc5)c34)c3cccc4ccccc34)c(-c3ccccc3)c2)cc1. The van der Waals surface area contributed by atoms with E-state index in [1.54, 1.807) is 0 Å². The van der Waals surface area contributed by atoms with E-state index in [-0.39, 0.29) is 0 Å². The lowest BCUT2D eigenvalue weighted by Crippen LogP contribution is -2.13. The molecule has 0 aromatic heterocycles. The molecule has 0 aliphatic rings. The van der Waals surface area contributed by atoms with Crippen LogP contribution in [0.25, 0.3) is 66.1 Å². The summed E-state index contributed by atoms with van der Waals surface area (Å²) in [5.41, 5.74) is 12.9. The van der Waals surface area contributed by atoms with Gasteiger partial charge >= 0.3 is 0 Å². The molecule has 9 aromatic carbocycles. The van der Waals surface area contributed by atoms with E-state index in [2.05, 4.69) is 217 Å². The predicted octanol–water partition coefficient (Wildman–Crippen LogP) is 14.1. The molecule has 1 nitrogen and oxygen atoms in total. The van der Waals surface area contributed by atoms with Gasteiger partial charge in [-0.2, -0.15) is 0 Å². The maximum Gasteiger partial charge on any atom is 0.0540 e. The van der Waals surface area contributed by atoms with Crippen molar-refractivity contribution in [1.29, 1.82) is 0 Å². The predicted molar refractivity (Wildman–Crippen MR) is 218 cm³/mol. The Labute approximate surface area is 299 Å². The Bertz CT molecular complexity index is 2610. The molecule has 0 saturated carbocycles. The Hall–Kier alpha value is -6.70. The number of fused-ring (bicyclic) bond motifs is 2. The van der Waals surface area contributed by atoms with Gasteiger partial charge in [-0.25, -0.2) is 0 Å². The minimum Gasteiger partial charge on any atom is -0.309 e. The van der Waals surface area contributed by atoms with Crippen LogP contribution in [0.2, 0.25) is 0 Å². The van der Waals surface area contributed by atoms with Gasteiger partial charge in [0.15, 0.2) is 0 Å². The fourth-order valence-corrected chi connectivity index (χ4v) is 7.50. The topological polar surface area (TPSA) is 3.24 Å². The molecule has 51 heavy (non-hydrogen) atoms. The van der Waals surface area contributed by atoms with Gasteiger partial charge in [-0.05, 0) is 73.8 Å². The fourth-order valence-electron chi connectivity index (χ4n) is 7.50. The van der Waals surface area contributed by atoms with Crippen LogP contribution in [0.3, 0.4) is 0 Å². The summed E-state index contributed by atoms with van der Waals surface area (Å²) in [6.45, 7) is 0. The van der Waals surface area contributed by atoms with Crippen LogP contribution in [0.1, 0.15) is 0 Å². The number of hydrogen-bond acceptors (Lipinski definition) is 1. The quantitative estimate of drug-likeness (QED) is 0.166. The molecule has 0 N–H and O–H groups in total. The summed E-state index contributed by atoms with van der Waals surface area (Å²) in [4.78, 5) is 2.48. The summed E-state index contributed by atoms with van der Waals surface area (Å²) in [6.07, 6.45) is 0. The Morgan fingerprint density at radius 3 is 1.49 bits per heavy atom. The van der Waals surface area contributed by atoms with Crippen molar-refractivity contribution in [3.8, 4) is 44.5 Å². The number of para-hydroxylation sites is 1. The Morgan fingerprint density at radius 2 is 0.745 bits per heavy atom. The van der Waals surface area contributed by atoms with Crippen LogP contribution in [-0.2, 0) is 0 Å². The van der Waals surface area contributed by atoms with E-state index in [4.69, 9.17) is 0 Å². The number of nitrogens with zero attached hydrogens (tertiary/aromatic N) is 1. The van der Waals surface area contributed by atoms with Crippen molar-refractivity contribution in [2.24, 2.45) is 0 Å². The second kappa shape index (κ2) is 13.3. The van der Waals surface area contributed by atoms with Crippen LogP contribution in [0, 0.1) is 0 Å². The average molecular weight is 650 g/mol. The molecule has 0 aliphatic carbocycles. The Balaban J connectivity index is 1.36. The first-order valence-electron chi connectivity index (χ1n) is 17.5. The lowest BCUT2D eigenvalue weighted by molar-refractivity contribution is 1.30. The first-order valence-corrected chi connectivity index (χ1v) is 17.5. The van der Waals surface area contributed by atoms with E-state index in [0.29, 0.717) is 0 Å². The highest BCUT2D eigenvalue weighted by atomic mass is 15.1. The summed E-state index contributed by atoms with van der Waals surface area (Å²) >= 11 is 0. The second-order valence-electron chi connectivity index (χ2n) is 12.9. The van der Waals surface area contributed by atoms with Crippen molar-refractivity contribution in [3.63, 3.8) is 0 Å². The number of rotatable bonds is 7. The summed E-state index contributed by atoms with van der Waals surface area (Å²) in [7, 11) is 0. The van der Waals surface area contributed by atoms with Gasteiger partial charge in [0, 0.05) is 16.5 Å². The molecule has 9 aromatic rings. The van der Waals surface area contributed by atoms with Crippen LogP contribution in [0.5, 0.6) is 0 Å². The smallest absolute Gasteiger partial charge is 0.0540 e. The lowest BCUT2D eigenvalue weighted by Gasteiger charge is -2.31. The van der Waals surface area contributed by atoms with Gasteiger partial charge < -0.3 is 4.90 Å². The molecule has 0 unspecified atom stereocenters. The summed E-state index contributed by atoms with van der Waals surface area (Å²) < 4.78 is 0. The van der Waals surface area contributed by atoms with Gasteiger partial charge in [-0.3, -0.25) is 0 Å². The van der Waals surface area contributed by atoms with Crippen LogP contribution in [-0.4, -0.2) is 0 Å². The van der Waals surface area contributed by atoms with Crippen LogP contribution in [0.4, 0.5) is 17.1 Å². The lowest BCUT2D eigenvalue weighted by atomic mass is 9.90. The second-order valence-corrected chi connectivity index (χ2v) is 12.9. The van der Waals surface area contributed by atoms with Gasteiger partial charge in [0.2, 0.25) is 0 Å². The van der Waals surface area contributed by atoms with Gasteiger partial charge in [0.1, 0.15) is 0 Å². The zero-order valence-electron chi connectivity index (χ0n) is 28.2. The van der Waals surface area contributed by atoms with Gasteiger partial charge in [0.05, 0.1) is 17.1 Å². The van der Waals surface area contributed by atoms with Crippen LogP contribution in [0.15, 0.2) is 212 Å². The van der Waals surface area contributed by atoms with Crippen LogP contribution >= 0.6 is 0 Å². The minimum absolute atomic E-state index is 1.12. The molecule has 0 saturated heterocycles. The van der Waals surface area contributed by atoms with Crippen LogP contribution < -0.4 is 4.90 Å². The van der Waals surface area contributed by atoms with Crippen molar-refractivity contribution in [2.75, 3.05) is 4.90 Å². The van der Waals surface area contributed by atoms with Crippen molar-refractivity contribution in [3.05, 3.63) is 212 Å². The fraction of sp³-hybridized carbons (Fsp3) is 0. The monoisotopic (exact) mass is 649 g/mol. The highest BCUT2D eigenvalue weighted by molar-refractivity contribution is 6.10. The third-order valence-corrected chi connectivity index (χ3v) is 9.86. The highest BCUT2D eigenvalue weighted by Gasteiger charge is 2.23. The van der Waals surface area contributed by atoms with Crippen molar-refractivity contribution in [1.82, 2.24) is 0 Å². The van der Waals surface area contributed by atoms with Gasteiger partial charge in [-0.15, -0.1) is 0 Å². The molecular weight excluding hydrogens is 615 g/mol. The molecule has 0 atom stereocenters. The van der Waals surface area contributed by atoms with E-state index >= 15 is 0 Å². The highest BCUT2D eigenvalue weighted by Crippen LogP contribution is 2.49. The van der Waals surface area contributed by atoms with E-state index in [1.807, 2.05) is 0 Å². The largest absolute Gasteiger partial charge is 0.309 e. The molecular formula is C50H35N. The number of hydrogen-bond donors (Lipinski definition) is 0. The number of anilines is 3. The summed E-state index contributed by atoms with van der Waals surface area (Å²) in [6, 6.07) is 76.7. The summed E-state index contributed by atoms with van der Waals surface area (Å²) in [5, 5.41) is 4.87. The standard InChI is InChI=1S/C50H35N/c1-4-17-36(18-5-1)41-33-34-49(46(35-41)39-21-8-3-9-22-39)51(47-32-16-24-37-23-10-11-27-42(37)47)48-31-13-12-28-44(48)45-30-15-26-40-25-14-29-43(50(40)45)38-19-6-2-7-20-38/h1-35H. The third kappa shape index (κ3) is 5.65. The molecule has 0 amide bonds. The minimum atomic E-state index is 1.12. The zero-order valence-corrected chi connectivity index (χ0v) is 28.2. The van der Waals surface area contributed by atoms with E-state index in [1.165, 1.54) is 66.1 Å². The molecule has 0 aliphatic heterocycles. The first-order chi connectivity index (χ1) is 25.3. The van der Waals surface area contributed by atoms with Crippen molar-refractivity contribution < 1.29 is 0 Å². The molecule has 240 valence electrons. The van der Waals surface area contributed by atoms with E-state index < -0.39 is 0 Å². The molecule has 0 fully saturated rings. The maximum atomic E-state index is 2.48. The summed E-state index contributed by atoms with van der Waals surface area (Å²) in [5.74, 6) is 0. The molecule has 0 heterocycles. The molecule has 9 rings (SSSR count). The third-order valence-electron chi connectivity index (χ3n) is 9.86. The van der Waals surface area contributed by atoms with E-state index in [0.717, 1.165) is 17.1 Å². The molecule has 0 spiro atoms. The normalized spacial score (nSPS) is 11.1. The first kappa shape index (κ1) is 30.4. The number of benzene rings is 9. The van der Waals surface area contributed by atoms with E-state index in [9.17, 15) is 0 Å². The Kier molecular flexibility index (Phi) is 7.92. The maximum absolute atomic E-state index is 2.48. The Morgan fingerprint density at radius 1 is 0.255 bits per heavy atom. The van der Waals surface area contributed by atoms with Gasteiger partial charge in [-0.1, -0.05) is 188 Å². The van der Waals surface area contributed by atoms with Crippen molar-refractivity contribution in [2.45, 2.75) is 0 Å². The van der Waals surface area contributed by atoms with Crippen molar-refractivity contribution >= 4 is 38.6 Å². The average Bonchev–Trinajstić information content (AvgIpc) is 3.22. The van der Waals surface area contributed by atoms with Gasteiger partial charge in [0.25, 0.3) is 0 Å². The molecule has 0 bridgehead atoms. The zero-order chi connectivity index (χ0) is 34.0. The molecule has 1 heteroatoms. The molecule has 0 radical (unpaired) electrons.